The zero-order chi connectivity index (χ0) is 35.6. The van der Waals surface area contributed by atoms with Crippen molar-refractivity contribution in [2.75, 3.05) is 0 Å². The van der Waals surface area contributed by atoms with Crippen molar-refractivity contribution in [3.05, 3.63) is 182 Å². The zero-order valence-electron chi connectivity index (χ0n) is 29.0. The van der Waals surface area contributed by atoms with Crippen molar-refractivity contribution >= 4 is 54.5 Å². The van der Waals surface area contributed by atoms with Gasteiger partial charge in [0.05, 0.1) is 16.7 Å². The van der Waals surface area contributed by atoms with Crippen LogP contribution in [0.5, 0.6) is 0 Å². The molecule has 0 atom stereocenters. The van der Waals surface area contributed by atoms with Crippen LogP contribution in [0.2, 0.25) is 0 Å². The number of aromatic nitrogens is 4. The van der Waals surface area contributed by atoms with E-state index < -0.39 is 0 Å². The van der Waals surface area contributed by atoms with Gasteiger partial charge in [-0.1, -0.05) is 140 Å². The van der Waals surface area contributed by atoms with E-state index in [2.05, 4.69) is 156 Å². The highest BCUT2D eigenvalue weighted by Crippen LogP contribution is 2.39. The van der Waals surface area contributed by atoms with Gasteiger partial charge in [-0.15, -0.1) is 0 Å². The van der Waals surface area contributed by atoms with Gasteiger partial charge in [0.15, 0.2) is 17.5 Å². The van der Waals surface area contributed by atoms with Crippen molar-refractivity contribution in [1.82, 2.24) is 19.5 Å². The summed E-state index contributed by atoms with van der Waals surface area (Å²) >= 11 is 0. The lowest BCUT2D eigenvalue weighted by molar-refractivity contribution is 0.669. The van der Waals surface area contributed by atoms with Crippen LogP contribution >= 0.6 is 0 Å². The Morgan fingerprint density at radius 3 is 1.76 bits per heavy atom. The molecule has 0 radical (unpaired) electrons. The van der Waals surface area contributed by atoms with E-state index in [-0.39, 0.29) is 0 Å². The van der Waals surface area contributed by atoms with Gasteiger partial charge in [-0.2, -0.15) is 0 Å². The Hall–Kier alpha value is -7.37. The lowest BCUT2D eigenvalue weighted by atomic mass is 10.0. The fourth-order valence-electron chi connectivity index (χ4n) is 7.96. The molecule has 0 aliphatic rings. The van der Waals surface area contributed by atoms with E-state index in [1.165, 1.54) is 27.2 Å². The van der Waals surface area contributed by atoms with Crippen LogP contribution in [-0.2, 0) is 0 Å². The zero-order valence-corrected chi connectivity index (χ0v) is 29.0. The Morgan fingerprint density at radius 1 is 0.370 bits per heavy atom. The molecule has 11 rings (SSSR count). The number of furan rings is 1. The Morgan fingerprint density at radius 2 is 0.944 bits per heavy atom. The van der Waals surface area contributed by atoms with Crippen LogP contribution in [0.4, 0.5) is 0 Å². The van der Waals surface area contributed by atoms with Crippen LogP contribution in [0, 0.1) is 0 Å². The van der Waals surface area contributed by atoms with Crippen LogP contribution < -0.4 is 0 Å². The fourth-order valence-corrected chi connectivity index (χ4v) is 7.96. The normalized spacial score (nSPS) is 11.7. The summed E-state index contributed by atoms with van der Waals surface area (Å²) in [5.74, 6) is 1.81. The summed E-state index contributed by atoms with van der Waals surface area (Å²) in [5, 5.41) is 6.78. The number of benzene rings is 8. The molecular weight excluding hydrogens is 661 g/mol. The molecular formula is C49H30N4O. The van der Waals surface area contributed by atoms with E-state index in [1.54, 1.807) is 0 Å². The molecule has 0 amide bonds. The first-order chi connectivity index (χ1) is 26.8. The molecule has 3 heterocycles. The van der Waals surface area contributed by atoms with Crippen molar-refractivity contribution in [3.63, 3.8) is 0 Å². The van der Waals surface area contributed by atoms with Gasteiger partial charge in [-0.25, -0.2) is 15.0 Å². The molecule has 0 N–H and O–H groups in total. The Labute approximate surface area is 310 Å². The second kappa shape index (κ2) is 12.1. The highest BCUT2D eigenvalue weighted by molar-refractivity contribution is 6.12. The molecule has 0 saturated heterocycles. The quantitative estimate of drug-likeness (QED) is 0.180. The van der Waals surface area contributed by atoms with E-state index in [0.29, 0.717) is 17.5 Å². The summed E-state index contributed by atoms with van der Waals surface area (Å²) < 4.78 is 8.66. The van der Waals surface area contributed by atoms with Crippen molar-refractivity contribution in [2.45, 2.75) is 0 Å². The van der Waals surface area contributed by atoms with Gasteiger partial charge in [-0.05, 0) is 58.8 Å². The van der Waals surface area contributed by atoms with Crippen molar-refractivity contribution in [3.8, 4) is 51.0 Å². The van der Waals surface area contributed by atoms with Gasteiger partial charge < -0.3 is 8.98 Å². The maximum Gasteiger partial charge on any atom is 0.164 e. The summed E-state index contributed by atoms with van der Waals surface area (Å²) in [5.41, 5.74) is 10.00. The maximum absolute atomic E-state index is 6.28. The third kappa shape index (κ3) is 4.83. The molecule has 0 unspecified atom stereocenters. The van der Waals surface area contributed by atoms with Crippen LogP contribution in [0.25, 0.3) is 105 Å². The summed E-state index contributed by atoms with van der Waals surface area (Å²) in [6.07, 6.45) is 0. The molecule has 54 heavy (non-hydrogen) atoms. The van der Waals surface area contributed by atoms with E-state index >= 15 is 0 Å². The molecule has 11 aromatic rings. The number of para-hydroxylation sites is 4. The first kappa shape index (κ1) is 30.3. The number of hydrogen-bond acceptors (Lipinski definition) is 4. The maximum atomic E-state index is 6.28. The highest BCUT2D eigenvalue weighted by atomic mass is 16.3. The smallest absolute Gasteiger partial charge is 0.164 e. The van der Waals surface area contributed by atoms with Crippen molar-refractivity contribution in [2.24, 2.45) is 0 Å². The molecule has 5 nitrogen and oxygen atoms in total. The number of fused-ring (bicyclic) bond motifs is 7. The molecule has 8 aromatic carbocycles. The SMILES string of the molecule is c1cc(-c2nc(-c3ccc4ccccc4c3)nc(-c3cccc4oc5ccccc5c34)n2)cc(-c2ccccc2-n2c3ccccc3c3ccccc32)c1. The van der Waals surface area contributed by atoms with Gasteiger partial charge in [0.2, 0.25) is 0 Å². The van der Waals surface area contributed by atoms with Gasteiger partial charge in [0.25, 0.3) is 0 Å². The number of hydrogen-bond donors (Lipinski definition) is 0. The number of nitrogens with zero attached hydrogens (tertiary/aromatic N) is 4. The molecule has 0 saturated carbocycles. The summed E-state index contributed by atoms with van der Waals surface area (Å²) in [4.78, 5) is 15.6. The molecule has 0 bridgehead atoms. The molecule has 3 aromatic heterocycles. The second-order valence-corrected chi connectivity index (χ2v) is 13.6. The van der Waals surface area contributed by atoms with Gasteiger partial charge in [-0.3, -0.25) is 0 Å². The topological polar surface area (TPSA) is 56.7 Å². The molecule has 0 spiro atoms. The monoisotopic (exact) mass is 690 g/mol. The van der Waals surface area contributed by atoms with Crippen LogP contribution in [0.3, 0.4) is 0 Å². The first-order valence-corrected chi connectivity index (χ1v) is 18.1. The van der Waals surface area contributed by atoms with Gasteiger partial charge in [0.1, 0.15) is 11.2 Å². The Bertz CT molecular complexity index is 3190. The molecule has 0 aliphatic carbocycles. The van der Waals surface area contributed by atoms with Gasteiger partial charge >= 0.3 is 0 Å². The minimum atomic E-state index is 0.594. The summed E-state index contributed by atoms with van der Waals surface area (Å²) in [6, 6.07) is 63.4. The lowest BCUT2D eigenvalue weighted by Gasteiger charge is -2.15. The lowest BCUT2D eigenvalue weighted by Crippen LogP contribution is -2.01. The van der Waals surface area contributed by atoms with Crippen LogP contribution in [-0.4, -0.2) is 19.5 Å². The average molecular weight is 691 g/mol. The van der Waals surface area contributed by atoms with Crippen LogP contribution in [0.1, 0.15) is 0 Å². The van der Waals surface area contributed by atoms with E-state index in [1.807, 2.05) is 30.3 Å². The standard InChI is InChI=1S/C49H30N4O/c1-2-14-32-29-35(28-27-31(32)13-1)48-50-47(51-49(52-48)40-21-12-26-45-46(40)39-20-6-10-25-44(39)54-45)34-16-11-15-33(30-34)36-17-3-7-22-41(36)53-42-23-8-4-18-37(42)38-19-5-9-24-43(38)53/h1-30H. The fraction of sp³-hybridized carbons (Fsp3) is 0. The third-order valence-corrected chi connectivity index (χ3v) is 10.4. The minimum absolute atomic E-state index is 0.594. The van der Waals surface area contributed by atoms with E-state index in [0.717, 1.165) is 60.8 Å². The molecule has 5 heteroatoms. The minimum Gasteiger partial charge on any atom is -0.456 e. The highest BCUT2D eigenvalue weighted by Gasteiger charge is 2.19. The second-order valence-electron chi connectivity index (χ2n) is 13.6. The van der Waals surface area contributed by atoms with Crippen molar-refractivity contribution < 1.29 is 4.42 Å². The third-order valence-electron chi connectivity index (χ3n) is 10.4. The summed E-state index contributed by atoms with van der Waals surface area (Å²) in [6.45, 7) is 0. The first-order valence-electron chi connectivity index (χ1n) is 18.1. The van der Waals surface area contributed by atoms with Crippen LogP contribution in [0.15, 0.2) is 186 Å². The van der Waals surface area contributed by atoms with Gasteiger partial charge in [0, 0.05) is 43.8 Å². The Balaban J connectivity index is 1.12. The number of rotatable bonds is 5. The molecule has 252 valence electrons. The molecule has 0 fully saturated rings. The predicted octanol–water partition coefficient (Wildman–Crippen LogP) is 12.7. The van der Waals surface area contributed by atoms with Crippen molar-refractivity contribution in [1.29, 1.82) is 0 Å². The largest absolute Gasteiger partial charge is 0.456 e. The Kier molecular flexibility index (Phi) is 6.79. The summed E-state index contributed by atoms with van der Waals surface area (Å²) in [7, 11) is 0. The average Bonchev–Trinajstić information content (AvgIpc) is 3.79. The molecule has 0 aliphatic heterocycles. The van der Waals surface area contributed by atoms with E-state index in [4.69, 9.17) is 19.4 Å². The predicted molar refractivity (Wildman–Crippen MR) is 221 cm³/mol. The van der Waals surface area contributed by atoms with E-state index in [9.17, 15) is 0 Å².